The second-order valence-electron chi connectivity index (χ2n) is 6.47. The standard InChI is InChI=1S/C17H20N4O/c22-17(15-9-12-2-3-14(15)8-12)19-11-13-4-6-18-16(10-13)21-7-1-5-20-21/h1,4-7,10,12,14-15H,2-3,8-9,11H2,(H,19,22). The van der Waals surface area contributed by atoms with Crippen molar-refractivity contribution in [2.24, 2.45) is 17.8 Å². The van der Waals surface area contributed by atoms with Crippen LogP contribution in [0, 0.1) is 17.8 Å². The van der Waals surface area contributed by atoms with E-state index in [1.807, 2.05) is 24.4 Å². The van der Waals surface area contributed by atoms with Gasteiger partial charge in [-0.3, -0.25) is 4.79 Å². The first-order chi connectivity index (χ1) is 10.8. The van der Waals surface area contributed by atoms with Crippen molar-refractivity contribution in [2.45, 2.75) is 32.2 Å². The zero-order valence-electron chi connectivity index (χ0n) is 12.5. The first kappa shape index (κ1) is 13.5. The number of fused-ring (bicyclic) bond motifs is 2. The molecule has 2 heterocycles. The lowest BCUT2D eigenvalue weighted by atomic mass is 9.88. The van der Waals surface area contributed by atoms with Crippen molar-refractivity contribution >= 4 is 5.91 Å². The average Bonchev–Trinajstić information content (AvgIpc) is 3.29. The number of hydrogen-bond donors (Lipinski definition) is 1. The summed E-state index contributed by atoms with van der Waals surface area (Å²) in [4.78, 5) is 16.7. The van der Waals surface area contributed by atoms with Gasteiger partial charge in [0.05, 0.1) is 0 Å². The van der Waals surface area contributed by atoms with Crippen LogP contribution in [-0.2, 0) is 11.3 Å². The minimum absolute atomic E-state index is 0.227. The fourth-order valence-corrected chi connectivity index (χ4v) is 3.99. The lowest BCUT2D eigenvalue weighted by molar-refractivity contribution is -0.126. The lowest BCUT2D eigenvalue weighted by Gasteiger charge is -2.20. The number of hydrogen-bond acceptors (Lipinski definition) is 3. The second-order valence-corrected chi connectivity index (χ2v) is 6.47. The van der Waals surface area contributed by atoms with E-state index in [-0.39, 0.29) is 11.8 Å². The third-order valence-corrected chi connectivity index (χ3v) is 5.09. The van der Waals surface area contributed by atoms with Gasteiger partial charge in [-0.05, 0) is 54.9 Å². The van der Waals surface area contributed by atoms with Gasteiger partial charge in [0.2, 0.25) is 5.91 Å². The minimum Gasteiger partial charge on any atom is -0.352 e. The van der Waals surface area contributed by atoms with E-state index < -0.39 is 0 Å². The van der Waals surface area contributed by atoms with Crippen LogP contribution in [-0.4, -0.2) is 20.7 Å². The van der Waals surface area contributed by atoms with Crippen molar-refractivity contribution in [3.63, 3.8) is 0 Å². The highest BCUT2D eigenvalue weighted by atomic mass is 16.1. The number of pyridine rings is 1. The number of carbonyl (C=O) groups excluding carboxylic acids is 1. The molecule has 2 bridgehead atoms. The molecule has 2 fully saturated rings. The molecule has 3 atom stereocenters. The molecule has 2 aliphatic carbocycles. The molecular formula is C17H20N4O. The highest BCUT2D eigenvalue weighted by Gasteiger charge is 2.42. The molecule has 114 valence electrons. The van der Waals surface area contributed by atoms with Gasteiger partial charge in [0, 0.05) is 31.1 Å². The van der Waals surface area contributed by atoms with Gasteiger partial charge in [-0.1, -0.05) is 6.42 Å². The SMILES string of the molecule is O=C(NCc1ccnc(-n2cccn2)c1)C1CC2CCC1C2. The monoisotopic (exact) mass is 296 g/mol. The van der Waals surface area contributed by atoms with E-state index >= 15 is 0 Å². The summed E-state index contributed by atoms with van der Waals surface area (Å²) in [6, 6.07) is 5.77. The summed E-state index contributed by atoms with van der Waals surface area (Å²) < 4.78 is 1.72. The number of aromatic nitrogens is 3. The van der Waals surface area contributed by atoms with Crippen molar-refractivity contribution in [3.05, 3.63) is 42.4 Å². The van der Waals surface area contributed by atoms with Crippen LogP contribution < -0.4 is 5.32 Å². The van der Waals surface area contributed by atoms with Gasteiger partial charge < -0.3 is 5.32 Å². The summed E-state index contributed by atoms with van der Waals surface area (Å²) in [5.41, 5.74) is 1.05. The van der Waals surface area contributed by atoms with Crippen molar-refractivity contribution < 1.29 is 4.79 Å². The van der Waals surface area contributed by atoms with Crippen LogP contribution in [0.15, 0.2) is 36.8 Å². The molecule has 2 aliphatic rings. The Labute approximate surface area is 129 Å². The van der Waals surface area contributed by atoms with E-state index in [2.05, 4.69) is 15.4 Å². The van der Waals surface area contributed by atoms with Crippen LogP contribution in [0.1, 0.15) is 31.2 Å². The Hall–Kier alpha value is -2.17. The second kappa shape index (κ2) is 5.55. The molecule has 2 aromatic rings. The van der Waals surface area contributed by atoms with Gasteiger partial charge >= 0.3 is 0 Å². The van der Waals surface area contributed by atoms with Gasteiger partial charge in [-0.15, -0.1) is 0 Å². The number of nitrogens with zero attached hydrogens (tertiary/aromatic N) is 3. The maximum absolute atomic E-state index is 12.4. The summed E-state index contributed by atoms with van der Waals surface area (Å²) in [6.07, 6.45) is 10.3. The Morgan fingerprint density at radius 1 is 1.32 bits per heavy atom. The molecule has 1 amide bonds. The molecule has 0 spiro atoms. The third-order valence-electron chi connectivity index (χ3n) is 5.09. The molecule has 22 heavy (non-hydrogen) atoms. The number of rotatable bonds is 4. The van der Waals surface area contributed by atoms with Crippen LogP contribution in [0.25, 0.3) is 5.82 Å². The number of amides is 1. The molecule has 2 aromatic heterocycles. The maximum atomic E-state index is 12.4. The normalized spacial score (nSPS) is 26.3. The Kier molecular flexibility index (Phi) is 3.41. The van der Waals surface area contributed by atoms with Crippen LogP contribution >= 0.6 is 0 Å². The molecule has 0 radical (unpaired) electrons. The molecule has 5 nitrogen and oxygen atoms in total. The molecule has 5 heteroatoms. The Balaban J connectivity index is 1.39. The molecule has 2 saturated carbocycles. The Morgan fingerprint density at radius 2 is 2.27 bits per heavy atom. The van der Waals surface area contributed by atoms with Crippen LogP contribution in [0.4, 0.5) is 0 Å². The van der Waals surface area contributed by atoms with Crippen molar-refractivity contribution in [2.75, 3.05) is 0 Å². The summed E-state index contributed by atoms with van der Waals surface area (Å²) in [6.45, 7) is 0.559. The van der Waals surface area contributed by atoms with Crippen molar-refractivity contribution in [3.8, 4) is 5.82 Å². The Bertz CT molecular complexity index is 667. The van der Waals surface area contributed by atoms with E-state index in [0.717, 1.165) is 23.7 Å². The fourth-order valence-electron chi connectivity index (χ4n) is 3.99. The van der Waals surface area contributed by atoms with E-state index in [4.69, 9.17) is 0 Å². The predicted molar refractivity (Wildman–Crippen MR) is 82.1 cm³/mol. The summed E-state index contributed by atoms with van der Waals surface area (Å²) in [5, 5.41) is 7.28. The Morgan fingerprint density at radius 3 is 3.00 bits per heavy atom. The third kappa shape index (κ3) is 2.51. The van der Waals surface area contributed by atoms with Gasteiger partial charge in [0.1, 0.15) is 0 Å². The van der Waals surface area contributed by atoms with Gasteiger partial charge in [0.25, 0.3) is 0 Å². The molecule has 0 saturated heterocycles. The maximum Gasteiger partial charge on any atom is 0.223 e. The molecule has 1 N–H and O–H groups in total. The zero-order valence-corrected chi connectivity index (χ0v) is 12.5. The quantitative estimate of drug-likeness (QED) is 0.942. The fraction of sp³-hybridized carbons (Fsp3) is 0.471. The predicted octanol–water partition coefficient (Wildman–Crippen LogP) is 2.32. The average molecular weight is 296 g/mol. The largest absolute Gasteiger partial charge is 0.352 e. The molecule has 0 aliphatic heterocycles. The van der Waals surface area contributed by atoms with Crippen LogP contribution in [0.5, 0.6) is 0 Å². The minimum atomic E-state index is 0.227. The molecule has 0 aromatic carbocycles. The van der Waals surface area contributed by atoms with Gasteiger partial charge in [0.15, 0.2) is 5.82 Å². The molecule has 4 rings (SSSR count). The molecule has 3 unspecified atom stereocenters. The van der Waals surface area contributed by atoms with E-state index in [0.29, 0.717) is 12.5 Å². The smallest absolute Gasteiger partial charge is 0.223 e. The van der Waals surface area contributed by atoms with E-state index in [1.54, 1.807) is 17.1 Å². The summed E-state index contributed by atoms with van der Waals surface area (Å²) >= 11 is 0. The highest BCUT2D eigenvalue weighted by Crippen LogP contribution is 2.48. The van der Waals surface area contributed by atoms with E-state index in [1.165, 1.54) is 19.3 Å². The summed E-state index contributed by atoms with van der Waals surface area (Å²) in [5.74, 6) is 2.67. The first-order valence-corrected chi connectivity index (χ1v) is 8.02. The number of nitrogens with one attached hydrogen (secondary N) is 1. The lowest BCUT2D eigenvalue weighted by Crippen LogP contribution is -2.33. The van der Waals surface area contributed by atoms with Crippen LogP contribution in [0.3, 0.4) is 0 Å². The topological polar surface area (TPSA) is 59.8 Å². The molecular weight excluding hydrogens is 276 g/mol. The first-order valence-electron chi connectivity index (χ1n) is 8.02. The van der Waals surface area contributed by atoms with E-state index in [9.17, 15) is 4.79 Å². The van der Waals surface area contributed by atoms with Gasteiger partial charge in [-0.25, -0.2) is 9.67 Å². The van der Waals surface area contributed by atoms with Crippen LogP contribution in [0.2, 0.25) is 0 Å². The highest BCUT2D eigenvalue weighted by molar-refractivity contribution is 5.79. The van der Waals surface area contributed by atoms with Crippen molar-refractivity contribution in [1.82, 2.24) is 20.1 Å². The number of carbonyl (C=O) groups is 1. The summed E-state index contributed by atoms with van der Waals surface area (Å²) in [7, 11) is 0. The zero-order chi connectivity index (χ0) is 14.9. The van der Waals surface area contributed by atoms with Crippen molar-refractivity contribution in [1.29, 1.82) is 0 Å². The van der Waals surface area contributed by atoms with Gasteiger partial charge in [-0.2, -0.15) is 5.10 Å².